The first-order chi connectivity index (χ1) is 16.9. The summed E-state index contributed by atoms with van der Waals surface area (Å²) in [5.74, 6) is 1.59. The van der Waals surface area contributed by atoms with Crippen molar-refractivity contribution in [3.05, 3.63) is 59.2 Å². The van der Waals surface area contributed by atoms with Gasteiger partial charge in [-0.25, -0.2) is 4.99 Å². The van der Waals surface area contributed by atoms with Crippen LogP contribution in [0.1, 0.15) is 73.6 Å². The highest BCUT2D eigenvalue weighted by atomic mass is 16.5. The summed E-state index contributed by atoms with van der Waals surface area (Å²) in [5.41, 5.74) is 8.53. The van der Waals surface area contributed by atoms with Gasteiger partial charge in [0.2, 0.25) is 5.91 Å². The Labute approximate surface area is 205 Å². The minimum Gasteiger partial charge on any atom is -0.493 e. The number of hydrogen-bond donors (Lipinski definition) is 2. The summed E-state index contributed by atoms with van der Waals surface area (Å²) >= 11 is 0. The molecule has 0 aliphatic carbocycles. The van der Waals surface area contributed by atoms with Crippen LogP contribution in [-0.4, -0.2) is 41.4 Å². The maximum absolute atomic E-state index is 13.4. The average Bonchev–Trinajstić information content (AvgIpc) is 2.84. The molecule has 0 aromatic heterocycles. The van der Waals surface area contributed by atoms with Gasteiger partial charge in [-0.3, -0.25) is 14.5 Å². The van der Waals surface area contributed by atoms with Crippen molar-refractivity contribution in [2.75, 3.05) is 6.61 Å². The Bertz CT molecular complexity index is 1180. The van der Waals surface area contributed by atoms with E-state index in [9.17, 15) is 9.59 Å². The summed E-state index contributed by atoms with van der Waals surface area (Å²) in [6.07, 6.45) is 1.57. The van der Waals surface area contributed by atoms with Crippen LogP contribution in [0.4, 0.5) is 0 Å². The van der Waals surface area contributed by atoms with Gasteiger partial charge in [0.15, 0.2) is 5.96 Å². The fourth-order valence-electron chi connectivity index (χ4n) is 5.24. The molecule has 3 aliphatic heterocycles. The number of ether oxygens (including phenoxy) is 2. The van der Waals surface area contributed by atoms with E-state index in [1.54, 1.807) is 11.0 Å². The fourth-order valence-corrected chi connectivity index (χ4v) is 5.24. The molecule has 0 radical (unpaired) electrons. The van der Waals surface area contributed by atoms with Crippen LogP contribution in [0.2, 0.25) is 0 Å². The van der Waals surface area contributed by atoms with Crippen LogP contribution in [0.5, 0.6) is 11.5 Å². The Morgan fingerprint density at radius 1 is 1.17 bits per heavy atom. The van der Waals surface area contributed by atoms with Gasteiger partial charge in [0.05, 0.1) is 30.8 Å². The molecule has 0 saturated carbocycles. The number of rotatable bonds is 4. The van der Waals surface area contributed by atoms with Crippen molar-refractivity contribution in [3.8, 4) is 11.5 Å². The van der Waals surface area contributed by atoms with Crippen molar-refractivity contribution in [2.45, 2.75) is 64.3 Å². The van der Waals surface area contributed by atoms with Gasteiger partial charge in [-0.15, -0.1) is 0 Å². The van der Waals surface area contributed by atoms with Gasteiger partial charge in [-0.2, -0.15) is 0 Å². The molecule has 3 N–H and O–H groups in total. The Morgan fingerprint density at radius 3 is 2.74 bits per heavy atom. The lowest BCUT2D eigenvalue weighted by Crippen LogP contribution is -2.50. The smallest absolute Gasteiger partial charge is 0.251 e. The lowest BCUT2D eigenvalue weighted by atomic mass is 9.91. The second-order valence-corrected chi connectivity index (χ2v) is 9.73. The maximum Gasteiger partial charge on any atom is 0.251 e. The minimum absolute atomic E-state index is 0.0445. The van der Waals surface area contributed by atoms with E-state index < -0.39 is 0 Å². The first kappa shape index (κ1) is 23.2. The maximum atomic E-state index is 13.4. The zero-order chi connectivity index (χ0) is 24.7. The quantitative estimate of drug-likeness (QED) is 0.700. The molecule has 3 aliphatic rings. The molecular weight excluding hydrogens is 444 g/mol. The molecule has 5 atom stereocenters. The topological polar surface area (TPSA) is 106 Å². The number of nitrogens with one attached hydrogen (secondary N) is 1. The SMILES string of the molecule is CCC1CC(=O)N(C2CC(C)Oc3ccc(C(=O)NC4c5ccccc5OCC4C)cc32)C(N)=N1. The van der Waals surface area contributed by atoms with Crippen LogP contribution in [0.15, 0.2) is 47.5 Å². The van der Waals surface area contributed by atoms with Crippen molar-refractivity contribution in [3.63, 3.8) is 0 Å². The summed E-state index contributed by atoms with van der Waals surface area (Å²) in [4.78, 5) is 32.6. The molecule has 0 spiro atoms. The number of benzene rings is 2. The summed E-state index contributed by atoms with van der Waals surface area (Å²) in [6, 6.07) is 12.6. The summed E-state index contributed by atoms with van der Waals surface area (Å²) < 4.78 is 11.9. The molecule has 5 unspecified atom stereocenters. The minimum atomic E-state index is -0.335. The first-order valence-corrected chi connectivity index (χ1v) is 12.3. The van der Waals surface area contributed by atoms with Crippen LogP contribution < -0.4 is 20.5 Å². The molecule has 0 saturated heterocycles. The van der Waals surface area contributed by atoms with E-state index in [-0.39, 0.29) is 47.9 Å². The monoisotopic (exact) mass is 476 g/mol. The highest BCUT2D eigenvalue weighted by molar-refractivity contribution is 5.99. The van der Waals surface area contributed by atoms with Crippen molar-refractivity contribution in [2.24, 2.45) is 16.6 Å². The number of carbonyl (C=O) groups is 2. The summed E-state index contributed by atoms with van der Waals surface area (Å²) in [5, 5.41) is 3.19. The van der Waals surface area contributed by atoms with Crippen LogP contribution in [0.25, 0.3) is 0 Å². The summed E-state index contributed by atoms with van der Waals surface area (Å²) in [7, 11) is 0. The predicted molar refractivity (Wildman–Crippen MR) is 132 cm³/mol. The fraction of sp³-hybridized carbons (Fsp3) is 0.444. The van der Waals surface area contributed by atoms with Crippen molar-refractivity contribution >= 4 is 17.8 Å². The molecule has 8 nitrogen and oxygen atoms in total. The Balaban J connectivity index is 1.45. The molecule has 5 rings (SSSR count). The second-order valence-electron chi connectivity index (χ2n) is 9.73. The number of para-hydroxylation sites is 1. The second kappa shape index (κ2) is 9.24. The lowest BCUT2D eigenvalue weighted by Gasteiger charge is -2.40. The Morgan fingerprint density at radius 2 is 1.97 bits per heavy atom. The molecule has 2 amide bonds. The van der Waals surface area contributed by atoms with Crippen molar-refractivity contribution in [1.82, 2.24) is 10.2 Å². The van der Waals surface area contributed by atoms with Crippen molar-refractivity contribution in [1.29, 1.82) is 0 Å². The van der Waals surface area contributed by atoms with Crippen molar-refractivity contribution < 1.29 is 19.1 Å². The normalized spacial score (nSPS) is 27.6. The Hall–Kier alpha value is -3.55. The molecule has 35 heavy (non-hydrogen) atoms. The van der Waals surface area contributed by atoms with Crippen LogP contribution in [-0.2, 0) is 4.79 Å². The first-order valence-electron chi connectivity index (χ1n) is 12.3. The zero-order valence-electron chi connectivity index (χ0n) is 20.4. The van der Waals surface area contributed by atoms with E-state index in [0.717, 1.165) is 23.3 Å². The van der Waals surface area contributed by atoms with Crippen LogP contribution in [0, 0.1) is 5.92 Å². The number of nitrogens with two attached hydrogens (primary N) is 1. The van der Waals surface area contributed by atoms with Crippen LogP contribution >= 0.6 is 0 Å². The Kier molecular flexibility index (Phi) is 6.13. The average molecular weight is 477 g/mol. The number of guanidine groups is 1. The van der Waals surface area contributed by atoms with Gasteiger partial charge in [0.25, 0.3) is 5.91 Å². The van der Waals surface area contributed by atoms with E-state index in [1.165, 1.54) is 0 Å². The number of amides is 2. The highest BCUT2D eigenvalue weighted by Crippen LogP contribution is 2.41. The molecule has 2 aromatic carbocycles. The standard InChI is InChI=1S/C27H32N4O4/c1-4-18-13-24(32)31(27(28)29-18)21-11-16(3)35-23-10-9-17(12-20(21)23)26(33)30-25-15(2)14-34-22-8-6-5-7-19(22)25/h5-10,12,15-16,18,21,25H,4,11,13-14H2,1-3H3,(H2,28,29)(H,30,33). The number of nitrogens with zero attached hydrogens (tertiary/aromatic N) is 2. The van der Waals surface area contributed by atoms with Gasteiger partial charge in [0, 0.05) is 35.4 Å². The van der Waals surface area contributed by atoms with E-state index in [2.05, 4.69) is 17.2 Å². The van der Waals surface area contributed by atoms with E-state index >= 15 is 0 Å². The molecule has 3 heterocycles. The molecule has 0 fully saturated rings. The zero-order valence-corrected chi connectivity index (χ0v) is 20.4. The van der Waals surface area contributed by atoms with Crippen LogP contribution in [0.3, 0.4) is 0 Å². The van der Waals surface area contributed by atoms with E-state index in [0.29, 0.717) is 30.8 Å². The molecule has 8 heteroatoms. The highest BCUT2D eigenvalue weighted by Gasteiger charge is 2.38. The third-order valence-electron chi connectivity index (χ3n) is 7.15. The molecule has 2 aromatic rings. The molecular formula is C27H32N4O4. The van der Waals surface area contributed by atoms with E-state index in [1.807, 2.05) is 50.2 Å². The third kappa shape index (κ3) is 4.33. The van der Waals surface area contributed by atoms with Gasteiger partial charge in [0.1, 0.15) is 11.5 Å². The molecule has 184 valence electrons. The van der Waals surface area contributed by atoms with Gasteiger partial charge in [-0.05, 0) is 37.6 Å². The number of fused-ring (bicyclic) bond motifs is 2. The largest absolute Gasteiger partial charge is 0.493 e. The lowest BCUT2D eigenvalue weighted by molar-refractivity contribution is -0.131. The number of aliphatic imine (C=N–C) groups is 1. The van der Waals surface area contributed by atoms with Gasteiger partial charge >= 0.3 is 0 Å². The third-order valence-corrected chi connectivity index (χ3v) is 7.15. The van der Waals surface area contributed by atoms with E-state index in [4.69, 9.17) is 15.2 Å². The van der Waals surface area contributed by atoms with Gasteiger partial charge in [-0.1, -0.05) is 32.0 Å². The molecule has 0 bridgehead atoms. The van der Waals surface area contributed by atoms with Gasteiger partial charge < -0.3 is 20.5 Å². The number of hydrogen-bond acceptors (Lipinski definition) is 6. The predicted octanol–water partition coefficient (Wildman–Crippen LogP) is 3.72. The summed E-state index contributed by atoms with van der Waals surface area (Å²) in [6.45, 7) is 6.57. The number of carbonyl (C=O) groups excluding carboxylic acids is 2.